The maximum atomic E-state index is 12.7. The van der Waals surface area contributed by atoms with Gasteiger partial charge in [-0.2, -0.15) is 4.72 Å². The van der Waals surface area contributed by atoms with Gasteiger partial charge in [0.2, 0.25) is 10.0 Å². The average molecular weight is 579 g/mol. The molecule has 0 radical (unpaired) electrons. The van der Waals surface area contributed by atoms with Crippen molar-refractivity contribution in [1.82, 2.24) is 15.0 Å². The van der Waals surface area contributed by atoms with E-state index in [0.29, 0.717) is 29.2 Å². The summed E-state index contributed by atoms with van der Waals surface area (Å²) in [6, 6.07) is 23.8. The molecule has 0 aliphatic carbocycles. The van der Waals surface area contributed by atoms with Crippen LogP contribution in [0.25, 0.3) is 11.1 Å². The van der Waals surface area contributed by atoms with Crippen molar-refractivity contribution < 1.29 is 23.1 Å². The number of benzene rings is 3. The Labute approximate surface area is 237 Å². The van der Waals surface area contributed by atoms with Gasteiger partial charge in [-0.25, -0.2) is 13.2 Å². The van der Waals surface area contributed by atoms with Gasteiger partial charge in [0, 0.05) is 35.6 Å². The number of nitrogens with one attached hydrogen (secondary N) is 3. The summed E-state index contributed by atoms with van der Waals surface area (Å²) < 4.78 is 27.6. The highest BCUT2D eigenvalue weighted by atomic mass is 35.5. The van der Waals surface area contributed by atoms with Crippen LogP contribution in [-0.2, 0) is 27.7 Å². The van der Waals surface area contributed by atoms with Crippen LogP contribution in [0.15, 0.2) is 102 Å². The van der Waals surface area contributed by atoms with Crippen molar-refractivity contribution in [3.63, 3.8) is 0 Å². The first-order chi connectivity index (χ1) is 19.2. The summed E-state index contributed by atoms with van der Waals surface area (Å²) in [4.78, 5) is 28.3. The van der Waals surface area contributed by atoms with E-state index in [1.165, 1.54) is 24.3 Å². The number of aromatic nitrogens is 1. The molecule has 2 amide bonds. The molecule has 0 unspecified atom stereocenters. The number of sulfonamides is 1. The van der Waals surface area contributed by atoms with E-state index in [-0.39, 0.29) is 17.3 Å². The van der Waals surface area contributed by atoms with Gasteiger partial charge in [0.1, 0.15) is 6.04 Å². The highest BCUT2D eigenvalue weighted by Crippen LogP contribution is 2.24. The molecule has 3 aromatic carbocycles. The Balaban J connectivity index is 1.36. The summed E-state index contributed by atoms with van der Waals surface area (Å²) in [6.07, 6.45) is 2.27. The molecular formula is C29H27ClN4O5S. The Morgan fingerprint density at radius 2 is 1.65 bits per heavy atom. The van der Waals surface area contributed by atoms with Gasteiger partial charge in [-0.15, -0.1) is 0 Å². The molecule has 11 heteroatoms. The number of halogens is 1. The highest BCUT2D eigenvalue weighted by Gasteiger charge is 2.25. The summed E-state index contributed by atoms with van der Waals surface area (Å²) in [5.41, 5.74) is 3.82. The van der Waals surface area contributed by atoms with Crippen LogP contribution in [-0.4, -0.2) is 43.1 Å². The molecule has 0 saturated carbocycles. The van der Waals surface area contributed by atoms with Crippen LogP contribution in [0.3, 0.4) is 0 Å². The fourth-order valence-electron chi connectivity index (χ4n) is 3.92. The Morgan fingerprint density at radius 1 is 0.900 bits per heavy atom. The van der Waals surface area contributed by atoms with Crippen molar-refractivity contribution in [2.75, 3.05) is 11.9 Å². The fraction of sp³-hybridized carbons (Fsp3) is 0.138. The zero-order valence-electron chi connectivity index (χ0n) is 21.2. The van der Waals surface area contributed by atoms with Gasteiger partial charge in [-0.3, -0.25) is 9.78 Å². The first-order valence-corrected chi connectivity index (χ1v) is 14.2. The van der Waals surface area contributed by atoms with Gasteiger partial charge in [0.15, 0.2) is 0 Å². The first kappa shape index (κ1) is 28.8. The van der Waals surface area contributed by atoms with Crippen molar-refractivity contribution in [3.05, 3.63) is 113 Å². The molecule has 0 spiro atoms. The van der Waals surface area contributed by atoms with E-state index in [0.717, 1.165) is 16.8 Å². The predicted octanol–water partition coefficient (Wildman–Crippen LogP) is 4.74. The summed E-state index contributed by atoms with van der Waals surface area (Å²) >= 11 is 5.82. The number of aliphatic carboxylic acids is 1. The van der Waals surface area contributed by atoms with Crippen LogP contribution in [0.5, 0.6) is 0 Å². The normalized spacial score (nSPS) is 11.9. The molecule has 0 aliphatic heterocycles. The van der Waals surface area contributed by atoms with E-state index in [9.17, 15) is 23.1 Å². The van der Waals surface area contributed by atoms with Gasteiger partial charge in [-0.1, -0.05) is 54.1 Å². The monoisotopic (exact) mass is 578 g/mol. The van der Waals surface area contributed by atoms with E-state index >= 15 is 0 Å². The summed E-state index contributed by atoms with van der Waals surface area (Å²) in [6.45, 7) is 0.442. The molecule has 4 aromatic rings. The molecular weight excluding hydrogens is 552 g/mol. The molecule has 40 heavy (non-hydrogen) atoms. The number of carboxylic acid groups (broad SMARTS) is 1. The zero-order chi connectivity index (χ0) is 28.5. The lowest BCUT2D eigenvalue weighted by Gasteiger charge is -2.15. The number of carboxylic acids is 1. The average Bonchev–Trinajstić information content (AvgIpc) is 2.94. The number of pyridine rings is 1. The third kappa shape index (κ3) is 8.12. The van der Waals surface area contributed by atoms with Crippen molar-refractivity contribution in [3.8, 4) is 11.1 Å². The minimum absolute atomic E-state index is 0.0529. The Kier molecular flexibility index (Phi) is 9.49. The number of hydrogen-bond donors (Lipinski definition) is 4. The number of urea groups is 1. The third-order valence-electron chi connectivity index (χ3n) is 5.96. The lowest BCUT2D eigenvalue weighted by Crippen LogP contribution is -2.42. The van der Waals surface area contributed by atoms with Crippen molar-refractivity contribution >= 4 is 39.3 Å². The number of anilines is 1. The maximum Gasteiger partial charge on any atom is 0.322 e. The van der Waals surface area contributed by atoms with Gasteiger partial charge in [0.05, 0.1) is 4.90 Å². The number of carbonyl (C=O) groups excluding carboxylic acids is 1. The minimum atomic E-state index is -4.06. The summed E-state index contributed by atoms with van der Waals surface area (Å²) in [5, 5.41) is 15.6. The SMILES string of the molecule is O=C(NCCc1ccccn1)Nc1cccc(-c2ccc(C[C@H](NS(=O)(=O)c3ccc(Cl)cc3)C(=O)O)cc2)c1. The number of amides is 2. The second-order valence-corrected chi connectivity index (χ2v) is 11.1. The zero-order valence-corrected chi connectivity index (χ0v) is 22.8. The van der Waals surface area contributed by atoms with E-state index in [1.807, 2.05) is 48.5 Å². The lowest BCUT2D eigenvalue weighted by atomic mass is 10.0. The predicted molar refractivity (Wildman–Crippen MR) is 154 cm³/mol. The molecule has 4 rings (SSSR count). The van der Waals surface area contributed by atoms with Crippen molar-refractivity contribution in [2.24, 2.45) is 0 Å². The number of nitrogens with zero attached hydrogens (tertiary/aromatic N) is 1. The second-order valence-electron chi connectivity index (χ2n) is 8.90. The molecule has 206 valence electrons. The van der Waals surface area contributed by atoms with Crippen LogP contribution < -0.4 is 15.4 Å². The standard InChI is InChI=1S/C29H27ClN4O5S/c30-23-11-13-26(14-12-23)40(38,39)34-27(28(35)36)18-20-7-9-21(10-8-20)22-4-3-6-25(19-22)33-29(37)32-17-15-24-5-1-2-16-31-24/h1-14,16,19,27,34H,15,17-18H2,(H,35,36)(H2,32,33,37)/t27-/m0/s1. The molecule has 0 bridgehead atoms. The molecule has 0 fully saturated rings. The summed E-state index contributed by atoms with van der Waals surface area (Å²) in [5.74, 6) is -1.29. The van der Waals surface area contributed by atoms with Crippen LogP contribution in [0.4, 0.5) is 10.5 Å². The minimum Gasteiger partial charge on any atom is -0.480 e. The van der Waals surface area contributed by atoms with E-state index in [2.05, 4.69) is 20.3 Å². The van der Waals surface area contributed by atoms with Crippen LogP contribution in [0.2, 0.25) is 5.02 Å². The Morgan fingerprint density at radius 3 is 2.33 bits per heavy atom. The molecule has 9 nitrogen and oxygen atoms in total. The van der Waals surface area contributed by atoms with E-state index in [4.69, 9.17) is 11.6 Å². The van der Waals surface area contributed by atoms with E-state index in [1.54, 1.807) is 24.4 Å². The Hall–Kier alpha value is -4.25. The smallest absolute Gasteiger partial charge is 0.322 e. The molecule has 0 saturated heterocycles. The van der Waals surface area contributed by atoms with Crippen LogP contribution in [0, 0.1) is 0 Å². The van der Waals surface area contributed by atoms with Crippen LogP contribution >= 0.6 is 11.6 Å². The number of carbonyl (C=O) groups is 2. The molecule has 1 heterocycles. The maximum absolute atomic E-state index is 12.7. The van der Waals surface area contributed by atoms with Gasteiger partial charge < -0.3 is 15.7 Å². The Bertz CT molecular complexity index is 1560. The summed E-state index contributed by atoms with van der Waals surface area (Å²) in [7, 11) is -4.06. The highest BCUT2D eigenvalue weighted by molar-refractivity contribution is 7.89. The number of hydrogen-bond acceptors (Lipinski definition) is 5. The largest absolute Gasteiger partial charge is 0.480 e. The fourth-order valence-corrected chi connectivity index (χ4v) is 5.23. The van der Waals surface area contributed by atoms with Gasteiger partial charge in [-0.05, 0) is 71.6 Å². The second kappa shape index (κ2) is 13.2. The molecule has 4 N–H and O–H groups in total. The van der Waals surface area contributed by atoms with E-state index < -0.39 is 22.0 Å². The molecule has 1 aromatic heterocycles. The third-order valence-corrected chi connectivity index (χ3v) is 7.70. The van der Waals surface area contributed by atoms with Crippen molar-refractivity contribution in [1.29, 1.82) is 0 Å². The van der Waals surface area contributed by atoms with Gasteiger partial charge >= 0.3 is 12.0 Å². The van der Waals surface area contributed by atoms with Crippen LogP contribution in [0.1, 0.15) is 11.3 Å². The number of rotatable bonds is 11. The quantitative estimate of drug-likeness (QED) is 0.203. The molecule has 1 atom stereocenters. The lowest BCUT2D eigenvalue weighted by molar-refractivity contribution is -0.138. The van der Waals surface area contributed by atoms with Gasteiger partial charge in [0.25, 0.3) is 0 Å². The first-order valence-electron chi connectivity index (χ1n) is 12.3. The molecule has 0 aliphatic rings. The van der Waals surface area contributed by atoms with Crippen molar-refractivity contribution in [2.45, 2.75) is 23.8 Å². The topological polar surface area (TPSA) is 137 Å².